The Morgan fingerprint density at radius 1 is 1.14 bits per heavy atom. The third kappa shape index (κ3) is 5.17. The van der Waals surface area contributed by atoms with E-state index in [4.69, 9.17) is 11.6 Å². The third-order valence-corrected chi connectivity index (χ3v) is 4.97. The summed E-state index contributed by atoms with van der Waals surface area (Å²) in [7, 11) is 0. The molecule has 0 spiro atoms. The maximum absolute atomic E-state index is 12.6. The predicted octanol–water partition coefficient (Wildman–Crippen LogP) is 5.40. The van der Waals surface area contributed by atoms with Crippen LogP contribution in [0.3, 0.4) is 0 Å². The lowest BCUT2D eigenvalue weighted by Crippen LogP contribution is -2.30. The Hall–Kier alpha value is -2.25. The van der Waals surface area contributed by atoms with Crippen molar-refractivity contribution in [2.75, 3.05) is 5.32 Å². The maximum Gasteiger partial charge on any atom is 0.573 e. The average Bonchev–Trinajstić information content (AvgIpc) is 2.61. The number of carbonyl (C=O) groups excluding carboxylic acids is 1. The molecule has 0 aliphatic heterocycles. The number of carbonyl (C=O) groups is 1. The number of para-hydroxylation sites is 1. The Bertz CT molecular complexity index is 857. The van der Waals surface area contributed by atoms with Crippen LogP contribution >= 0.6 is 11.6 Å². The van der Waals surface area contributed by atoms with Crippen LogP contribution < -0.4 is 10.1 Å². The van der Waals surface area contributed by atoms with Crippen molar-refractivity contribution in [2.24, 2.45) is 5.92 Å². The normalized spacial score (nSPS) is 19.9. The van der Waals surface area contributed by atoms with Gasteiger partial charge in [-0.25, -0.2) is 0 Å². The molecular weight excluding hydrogens is 395 g/mol. The van der Waals surface area contributed by atoms with E-state index in [-0.39, 0.29) is 28.2 Å². The van der Waals surface area contributed by atoms with E-state index >= 15 is 0 Å². The fraction of sp³-hybridized carbons (Fsp3) is 0.350. The monoisotopic (exact) mass is 413 g/mol. The quantitative estimate of drug-likeness (QED) is 0.706. The Morgan fingerprint density at radius 3 is 2.57 bits per heavy atom. The SMILES string of the molecule is O=C(Nc1ccc(-c2ccccc2OC(F)(F)F)c(Cl)c1)[C@@H]1CCC[C@H](O)C1. The van der Waals surface area contributed by atoms with Crippen LogP contribution in [0.1, 0.15) is 25.7 Å². The molecule has 0 saturated heterocycles. The third-order valence-electron chi connectivity index (χ3n) is 4.66. The summed E-state index contributed by atoms with van der Waals surface area (Å²) in [4.78, 5) is 12.4. The maximum atomic E-state index is 12.6. The van der Waals surface area contributed by atoms with Gasteiger partial charge in [-0.15, -0.1) is 13.2 Å². The summed E-state index contributed by atoms with van der Waals surface area (Å²) in [5.74, 6) is -0.837. The second kappa shape index (κ2) is 8.41. The zero-order chi connectivity index (χ0) is 20.3. The Morgan fingerprint density at radius 2 is 1.89 bits per heavy atom. The van der Waals surface area contributed by atoms with Crippen molar-refractivity contribution in [2.45, 2.75) is 38.1 Å². The highest BCUT2D eigenvalue weighted by molar-refractivity contribution is 6.33. The van der Waals surface area contributed by atoms with Crippen LogP contribution in [0.2, 0.25) is 5.02 Å². The van der Waals surface area contributed by atoms with Gasteiger partial charge < -0.3 is 15.2 Å². The summed E-state index contributed by atoms with van der Waals surface area (Å²) in [5, 5.41) is 12.7. The van der Waals surface area contributed by atoms with Crippen molar-refractivity contribution in [3.8, 4) is 16.9 Å². The number of hydrogen-bond donors (Lipinski definition) is 2. The van der Waals surface area contributed by atoms with Gasteiger partial charge in [0.15, 0.2) is 0 Å². The van der Waals surface area contributed by atoms with Gasteiger partial charge in [-0.1, -0.05) is 42.3 Å². The first-order valence-corrected chi connectivity index (χ1v) is 9.24. The van der Waals surface area contributed by atoms with Crippen LogP contribution in [0.15, 0.2) is 42.5 Å². The molecule has 0 radical (unpaired) electrons. The van der Waals surface area contributed by atoms with Gasteiger partial charge in [-0.2, -0.15) is 0 Å². The fourth-order valence-electron chi connectivity index (χ4n) is 3.36. The van der Waals surface area contributed by atoms with Gasteiger partial charge in [0.2, 0.25) is 5.91 Å². The molecule has 1 aliphatic carbocycles. The lowest BCUT2D eigenvalue weighted by atomic mass is 9.86. The molecule has 3 rings (SSSR count). The van der Waals surface area contributed by atoms with Crippen LogP contribution in [-0.4, -0.2) is 23.5 Å². The molecule has 28 heavy (non-hydrogen) atoms. The topological polar surface area (TPSA) is 58.6 Å². The predicted molar refractivity (Wildman–Crippen MR) is 100 cm³/mol. The van der Waals surface area contributed by atoms with E-state index in [1.165, 1.54) is 30.3 Å². The number of alkyl halides is 3. The molecule has 2 atom stereocenters. The van der Waals surface area contributed by atoms with Gasteiger partial charge in [0.05, 0.1) is 11.1 Å². The number of hydrogen-bond acceptors (Lipinski definition) is 3. The van der Waals surface area contributed by atoms with Gasteiger partial charge in [0.1, 0.15) is 5.75 Å². The van der Waals surface area contributed by atoms with E-state index in [2.05, 4.69) is 10.1 Å². The molecule has 2 N–H and O–H groups in total. The molecule has 0 unspecified atom stereocenters. The minimum absolute atomic E-state index is 0.180. The highest BCUT2D eigenvalue weighted by atomic mass is 35.5. The number of aliphatic hydroxyl groups is 1. The highest BCUT2D eigenvalue weighted by Crippen LogP contribution is 2.38. The minimum atomic E-state index is -4.82. The summed E-state index contributed by atoms with van der Waals surface area (Å²) >= 11 is 6.27. The molecule has 150 valence electrons. The van der Waals surface area contributed by atoms with E-state index in [0.29, 0.717) is 30.5 Å². The van der Waals surface area contributed by atoms with E-state index in [0.717, 1.165) is 6.42 Å². The second-order valence-electron chi connectivity index (χ2n) is 6.75. The number of nitrogens with one attached hydrogen (secondary N) is 1. The van der Waals surface area contributed by atoms with Crippen LogP contribution in [0, 0.1) is 5.92 Å². The smallest absolute Gasteiger partial charge is 0.405 e. The molecule has 0 aromatic heterocycles. The van der Waals surface area contributed by atoms with Crippen LogP contribution in [0.25, 0.3) is 11.1 Å². The van der Waals surface area contributed by atoms with E-state index in [1.807, 2.05) is 0 Å². The van der Waals surface area contributed by atoms with E-state index < -0.39 is 12.5 Å². The number of anilines is 1. The van der Waals surface area contributed by atoms with Gasteiger partial charge >= 0.3 is 6.36 Å². The largest absolute Gasteiger partial charge is 0.573 e. The number of rotatable bonds is 4. The summed E-state index contributed by atoms with van der Waals surface area (Å²) in [6.07, 6.45) is -2.68. The van der Waals surface area contributed by atoms with Gasteiger partial charge in [0, 0.05) is 22.7 Å². The summed E-state index contributed by atoms with van der Waals surface area (Å²) in [5.41, 5.74) is 0.985. The van der Waals surface area contributed by atoms with Crippen molar-refractivity contribution < 1.29 is 27.8 Å². The summed E-state index contributed by atoms with van der Waals surface area (Å²) < 4.78 is 42.0. The number of ether oxygens (including phenoxy) is 1. The Kier molecular flexibility index (Phi) is 6.15. The number of aliphatic hydroxyl groups excluding tert-OH is 1. The van der Waals surface area contributed by atoms with Gasteiger partial charge in [-0.05, 0) is 37.5 Å². The van der Waals surface area contributed by atoms with Crippen LogP contribution in [0.4, 0.5) is 18.9 Å². The zero-order valence-electron chi connectivity index (χ0n) is 14.8. The Labute approximate surface area is 165 Å². The molecular formula is C20H19ClF3NO3. The minimum Gasteiger partial charge on any atom is -0.405 e. The standard InChI is InChI=1S/C20H19ClF3NO3/c21-17-11-13(25-19(27)12-4-3-5-14(26)10-12)8-9-15(17)16-6-1-2-7-18(16)28-20(22,23)24/h1-2,6-9,11-12,14,26H,3-5,10H2,(H,25,27)/t12-,14+/m1/s1. The average molecular weight is 414 g/mol. The van der Waals surface area contributed by atoms with Crippen molar-refractivity contribution in [3.05, 3.63) is 47.5 Å². The zero-order valence-corrected chi connectivity index (χ0v) is 15.6. The molecule has 1 amide bonds. The molecule has 1 aliphatic rings. The lowest BCUT2D eigenvalue weighted by Gasteiger charge is -2.25. The highest BCUT2D eigenvalue weighted by Gasteiger charge is 2.32. The lowest BCUT2D eigenvalue weighted by molar-refractivity contribution is -0.274. The van der Waals surface area contributed by atoms with Gasteiger partial charge in [-0.3, -0.25) is 4.79 Å². The van der Waals surface area contributed by atoms with E-state index in [1.54, 1.807) is 12.1 Å². The van der Waals surface area contributed by atoms with Crippen molar-refractivity contribution in [1.82, 2.24) is 0 Å². The first-order chi connectivity index (χ1) is 13.2. The summed E-state index contributed by atoms with van der Waals surface area (Å²) in [6, 6.07) is 10.3. The molecule has 1 fully saturated rings. The molecule has 8 heteroatoms. The number of halogens is 4. The number of benzene rings is 2. The second-order valence-corrected chi connectivity index (χ2v) is 7.15. The molecule has 4 nitrogen and oxygen atoms in total. The molecule has 2 aromatic carbocycles. The van der Waals surface area contributed by atoms with E-state index in [9.17, 15) is 23.1 Å². The van der Waals surface area contributed by atoms with Crippen LogP contribution in [-0.2, 0) is 4.79 Å². The first-order valence-electron chi connectivity index (χ1n) is 8.86. The number of amides is 1. The molecule has 2 aromatic rings. The fourth-order valence-corrected chi connectivity index (χ4v) is 3.64. The van der Waals surface area contributed by atoms with Crippen LogP contribution in [0.5, 0.6) is 5.75 Å². The van der Waals surface area contributed by atoms with Crippen molar-refractivity contribution in [1.29, 1.82) is 0 Å². The molecule has 0 heterocycles. The molecule has 1 saturated carbocycles. The van der Waals surface area contributed by atoms with Crippen molar-refractivity contribution >= 4 is 23.2 Å². The van der Waals surface area contributed by atoms with Gasteiger partial charge in [0.25, 0.3) is 0 Å². The Balaban J connectivity index is 1.79. The first kappa shape index (κ1) is 20.5. The summed E-state index contributed by atoms with van der Waals surface area (Å²) in [6.45, 7) is 0. The molecule has 0 bridgehead atoms. The van der Waals surface area contributed by atoms with Crippen molar-refractivity contribution in [3.63, 3.8) is 0 Å².